The van der Waals surface area contributed by atoms with Gasteiger partial charge in [0.05, 0.1) is 6.04 Å². The molecule has 1 heterocycles. The van der Waals surface area contributed by atoms with Crippen LogP contribution >= 0.6 is 0 Å². The molecule has 3 amide bonds. The van der Waals surface area contributed by atoms with Gasteiger partial charge in [-0.25, -0.2) is 4.79 Å². The van der Waals surface area contributed by atoms with Crippen molar-refractivity contribution < 1.29 is 9.59 Å². The first-order chi connectivity index (χ1) is 12.2. The number of carbonyl (C=O) groups is 2. The Morgan fingerprint density at radius 3 is 2.44 bits per heavy atom. The van der Waals surface area contributed by atoms with Gasteiger partial charge in [-0.1, -0.05) is 60.7 Å². The van der Waals surface area contributed by atoms with Crippen molar-refractivity contribution in [2.24, 2.45) is 0 Å². The number of hydrogen-bond donors (Lipinski definition) is 2. The van der Waals surface area contributed by atoms with Crippen LogP contribution in [0.4, 0.5) is 4.79 Å². The molecule has 5 nitrogen and oxygen atoms in total. The van der Waals surface area contributed by atoms with Crippen molar-refractivity contribution in [1.29, 1.82) is 0 Å². The molecule has 25 heavy (non-hydrogen) atoms. The average Bonchev–Trinajstić information content (AvgIpc) is 2.87. The standard InChI is InChI=1S/C20H23N3O2/c24-19-11-13-23(14-12-21-19)20(25)22-18(17-9-5-2-6-10-17)15-16-7-3-1-4-8-16/h1-10,18H,11-15H2,(H,21,24)(H,22,25)/t18-/m1/s1. The molecule has 1 aliphatic heterocycles. The number of rotatable bonds is 4. The van der Waals surface area contributed by atoms with Gasteiger partial charge in [0.1, 0.15) is 0 Å². The van der Waals surface area contributed by atoms with Crippen LogP contribution in [0, 0.1) is 0 Å². The highest BCUT2D eigenvalue weighted by Gasteiger charge is 2.22. The van der Waals surface area contributed by atoms with Crippen molar-refractivity contribution in [1.82, 2.24) is 15.5 Å². The summed E-state index contributed by atoms with van der Waals surface area (Å²) in [4.78, 5) is 25.9. The van der Waals surface area contributed by atoms with Gasteiger partial charge in [-0.2, -0.15) is 0 Å². The first-order valence-corrected chi connectivity index (χ1v) is 8.63. The summed E-state index contributed by atoms with van der Waals surface area (Å²) in [5.41, 5.74) is 2.24. The van der Waals surface area contributed by atoms with Crippen LogP contribution in [0.2, 0.25) is 0 Å². The Balaban J connectivity index is 1.73. The largest absolute Gasteiger partial charge is 0.354 e. The molecule has 0 unspecified atom stereocenters. The molecule has 1 saturated heterocycles. The molecule has 1 atom stereocenters. The molecule has 130 valence electrons. The van der Waals surface area contributed by atoms with Crippen LogP contribution in [0.15, 0.2) is 60.7 Å². The maximum Gasteiger partial charge on any atom is 0.317 e. The van der Waals surface area contributed by atoms with Crippen molar-refractivity contribution in [3.63, 3.8) is 0 Å². The van der Waals surface area contributed by atoms with Gasteiger partial charge in [0.25, 0.3) is 0 Å². The van der Waals surface area contributed by atoms with E-state index in [1.54, 1.807) is 4.90 Å². The van der Waals surface area contributed by atoms with Gasteiger partial charge in [-0.15, -0.1) is 0 Å². The third-order valence-corrected chi connectivity index (χ3v) is 4.38. The highest BCUT2D eigenvalue weighted by atomic mass is 16.2. The van der Waals surface area contributed by atoms with Crippen molar-refractivity contribution in [3.05, 3.63) is 71.8 Å². The molecular weight excluding hydrogens is 314 g/mol. The zero-order valence-electron chi connectivity index (χ0n) is 14.2. The topological polar surface area (TPSA) is 61.4 Å². The van der Waals surface area contributed by atoms with E-state index in [9.17, 15) is 9.59 Å². The predicted molar refractivity (Wildman–Crippen MR) is 97.1 cm³/mol. The van der Waals surface area contributed by atoms with E-state index in [0.717, 1.165) is 12.0 Å². The number of nitrogens with zero attached hydrogens (tertiary/aromatic N) is 1. The summed E-state index contributed by atoms with van der Waals surface area (Å²) in [5, 5.41) is 5.94. The van der Waals surface area contributed by atoms with Gasteiger partial charge in [0.15, 0.2) is 0 Å². The molecule has 0 saturated carbocycles. The van der Waals surface area contributed by atoms with Gasteiger partial charge in [0.2, 0.25) is 5.91 Å². The predicted octanol–water partition coefficient (Wildman–Crippen LogP) is 2.50. The lowest BCUT2D eigenvalue weighted by Gasteiger charge is -2.25. The second-order valence-electron chi connectivity index (χ2n) is 6.19. The highest BCUT2D eigenvalue weighted by Crippen LogP contribution is 2.19. The smallest absolute Gasteiger partial charge is 0.317 e. The average molecular weight is 337 g/mol. The van der Waals surface area contributed by atoms with Crippen molar-refractivity contribution in [2.45, 2.75) is 18.9 Å². The number of urea groups is 1. The van der Waals surface area contributed by atoms with Crippen LogP contribution in [0.1, 0.15) is 23.6 Å². The molecule has 0 aromatic heterocycles. The molecule has 2 aromatic rings. The first-order valence-electron chi connectivity index (χ1n) is 8.63. The number of carbonyl (C=O) groups excluding carboxylic acids is 2. The van der Waals surface area contributed by atoms with E-state index in [4.69, 9.17) is 0 Å². The molecule has 0 spiro atoms. The van der Waals surface area contributed by atoms with Gasteiger partial charge in [-0.3, -0.25) is 4.79 Å². The van der Waals surface area contributed by atoms with Crippen molar-refractivity contribution in [2.75, 3.05) is 19.6 Å². The lowest BCUT2D eigenvalue weighted by Crippen LogP contribution is -2.43. The molecule has 1 fully saturated rings. The quantitative estimate of drug-likeness (QED) is 0.900. The van der Waals surface area contributed by atoms with Crippen LogP contribution in [0.3, 0.4) is 0 Å². The Labute approximate surface area is 148 Å². The number of nitrogens with one attached hydrogen (secondary N) is 2. The second kappa shape index (κ2) is 8.33. The minimum absolute atomic E-state index is 0.000745. The van der Waals surface area contributed by atoms with E-state index in [-0.39, 0.29) is 18.0 Å². The van der Waals surface area contributed by atoms with Crippen LogP contribution in [0.5, 0.6) is 0 Å². The Hall–Kier alpha value is -2.82. The molecule has 0 aliphatic carbocycles. The van der Waals surface area contributed by atoms with Crippen molar-refractivity contribution >= 4 is 11.9 Å². The summed E-state index contributed by atoms with van der Waals surface area (Å²) in [6.45, 7) is 1.48. The third kappa shape index (κ3) is 4.83. The number of amides is 3. The van der Waals surface area contributed by atoms with Crippen LogP contribution in [-0.4, -0.2) is 36.5 Å². The van der Waals surface area contributed by atoms with E-state index in [1.807, 2.05) is 48.5 Å². The minimum atomic E-state index is -0.124. The molecule has 0 radical (unpaired) electrons. The van der Waals surface area contributed by atoms with E-state index < -0.39 is 0 Å². The van der Waals surface area contributed by atoms with E-state index in [1.165, 1.54) is 5.56 Å². The Morgan fingerprint density at radius 2 is 1.72 bits per heavy atom. The number of hydrogen-bond acceptors (Lipinski definition) is 2. The Morgan fingerprint density at radius 1 is 1.04 bits per heavy atom. The fraction of sp³-hybridized carbons (Fsp3) is 0.300. The molecular formula is C20H23N3O2. The normalized spacial score (nSPS) is 15.8. The lowest BCUT2D eigenvalue weighted by atomic mass is 9.99. The monoisotopic (exact) mass is 337 g/mol. The highest BCUT2D eigenvalue weighted by molar-refractivity contribution is 5.79. The molecule has 0 bridgehead atoms. The summed E-state index contributed by atoms with van der Waals surface area (Å²) in [6, 6.07) is 19.9. The van der Waals surface area contributed by atoms with Crippen LogP contribution < -0.4 is 10.6 Å². The summed E-state index contributed by atoms with van der Waals surface area (Å²) < 4.78 is 0. The molecule has 5 heteroatoms. The first kappa shape index (κ1) is 17.0. The molecule has 1 aliphatic rings. The fourth-order valence-electron chi connectivity index (χ4n) is 3.00. The molecule has 2 aromatic carbocycles. The fourth-order valence-corrected chi connectivity index (χ4v) is 3.00. The van der Waals surface area contributed by atoms with Crippen LogP contribution in [-0.2, 0) is 11.2 Å². The second-order valence-corrected chi connectivity index (χ2v) is 6.19. The Bertz CT molecular complexity index is 703. The van der Waals surface area contributed by atoms with E-state index in [2.05, 4.69) is 22.8 Å². The van der Waals surface area contributed by atoms with Crippen LogP contribution in [0.25, 0.3) is 0 Å². The zero-order valence-corrected chi connectivity index (χ0v) is 14.2. The SMILES string of the molecule is O=C1CCN(C(=O)N[C@H](Cc2ccccc2)c2ccccc2)CCN1. The maximum atomic E-state index is 12.7. The van der Waals surface area contributed by atoms with Gasteiger partial charge >= 0.3 is 6.03 Å². The molecule has 3 rings (SSSR count). The van der Waals surface area contributed by atoms with E-state index in [0.29, 0.717) is 26.1 Å². The summed E-state index contributed by atoms with van der Waals surface area (Å²) in [5.74, 6) is -0.000745. The Kier molecular flexibility index (Phi) is 5.67. The summed E-state index contributed by atoms with van der Waals surface area (Å²) in [6.07, 6.45) is 1.07. The molecule has 2 N–H and O–H groups in total. The van der Waals surface area contributed by atoms with Crippen molar-refractivity contribution in [3.8, 4) is 0 Å². The van der Waals surface area contributed by atoms with Gasteiger partial charge < -0.3 is 15.5 Å². The minimum Gasteiger partial charge on any atom is -0.354 e. The lowest BCUT2D eigenvalue weighted by molar-refractivity contribution is -0.120. The van der Waals surface area contributed by atoms with E-state index >= 15 is 0 Å². The summed E-state index contributed by atoms with van der Waals surface area (Å²) in [7, 11) is 0. The zero-order chi connectivity index (χ0) is 17.5. The third-order valence-electron chi connectivity index (χ3n) is 4.38. The van der Waals surface area contributed by atoms with Gasteiger partial charge in [0, 0.05) is 26.1 Å². The maximum absolute atomic E-state index is 12.7. The number of benzene rings is 2. The summed E-state index contributed by atoms with van der Waals surface area (Å²) >= 11 is 0. The van der Waals surface area contributed by atoms with Gasteiger partial charge in [-0.05, 0) is 17.5 Å².